The smallest absolute Gasteiger partial charge is 0.264 e. The van der Waals surface area contributed by atoms with E-state index in [0.29, 0.717) is 12.2 Å². The van der Waals surface area contributed by atoms with Crippen LogP contribution in [0.3, 0.4) is 0 Å². The van der Waals surface area contributed by atoms with Gasteiger partial charge in [-0.1, -0.05) is 80.3 Å². The van der Waals surface area contributed by atoms with Crippen molar-refractivity contribution in [3.05, 3.63) is 102 Å². The number of nitrogens with zero attached hydrogens (tertiary/aromatic N) is 1. The maximum absolute atomic E-state index is 13.2. The fourth-order valence-electron chi connectivity index (χ4n) is 5.63. The van der Waals surface area contributed by atoms with Gasteiger partial charge in [0.15, 0.2) is 0 Å². The maximum atomic E-state index is 13.2. The number of benzene rings is 3. The second-order valence-electron chi connectivity index (χ2n) is 10.5. The average molecular weight is 543 g/mol. The van der Waals surface area contributed by atoms with Crippen LogP contribution in [0.1, 0.15) is 61.8 Å². The third kappa shape index (κ3) is 6.31. The molecule has 1 aliphatic carbocycles. The summed E-state index contributed by atoms with van der Waals surface area (Å²) in [5.74, 6) is 0.256. The van der Waals surface area contributed by atoms with E-state index in [1.807, 2.05) is 60.7 Å². The first-order valence-electron chi connectivity index (χ1n) is 13.5. The second-order valence-corrected chi connectivity index (χ2v) is 12.1. The first-order valence-corrected chi connectivity index (χ1v) is 15.0. The van der Waals surface area contributed by atoms with Crippen molar-refractivity contribution in [1.29, 1.82) is 0 Å². The van der Waals surface area contributed by atoms with Gasteiger partial charge in [0.05, 0.1) is 16.1 Å². The van der Waals surface area contributed by atoms with E-state index in [1.165, 1.54) is 6.07 Å². The van der Waals surface area contributed by atoms with E-state index in [9.17, 15) is 13.2 Å². The number of aromatic nitrogens is 1. The molecule has 1 saturated carbocycles. The van der Waals surface area contributed by atoms with Crippen LogP contribution in [0, 0.1) is 6.92 Å². The Labute approximate surface area is 230 Å². The molecule has 1 aliphatic rings. The van der Waals surface area contributed by atoms with Gasteiger partial charge < -0.3 is 4.74 Å². The van der Waals surface area contributed by atoms with Gasteiger partial charge in [0, 0.05) is 17.2 Å². The minimum Gasteiger partial charge on any atom is -0.487 e. The molecule has 6 nitrogen and oxygen atoms in total. The normalized spacial score (nSPS) is 15.4. The number of hydrogen-bond donors (Lipinski definition) is 1. The van der Waals surface area contributed by atoms with Crippen LogP contribution in [-0.2, 0) is 26.8 Å². The Morgan fingerprint density at radius 1 is 0.872 bits per heavy atom. The van der Waals surface area contributed by atoms with Crippen LogP contribution < -0.4 is 9.46 Å². The number of sulfonamides is 1. The largest absolute Gasteiger partial charge is 0.487 e. The molecule has 0 radical (unpaired) electrons. The van der Waals surface area contributed by atoms with Crippen molar-refractivity contribution < 1.29 is 17.9 Å². The third-order valence-electron chi connectivity index (χ3n) is 7.70. The van der Waals surface area contributed by atoms with Gasteiger partial charge in [-0.3, -0.25) is 4.79 Å². The summed E-state index contributed by atoms with van der Waals surface area (Å²) in [5.41, 5.74) is 3.03. The molecule has 0 saturated heterocycles. The molecule has 0 atom stereocenters. The lowest BCUT2D eigenvalue weighted by Crippen LogP contribution is -2.38. The first-order chi connectivity index (χ1) is 18.8. The summed E-state index contributed by atoms with van der Waals surface area (Å²) < 4.78 is 34.3. The number of rotatable bonds is 8. The summed E-state index contributed by atoms with van der Waals surface area (Å²) in [5, 5.41) is 1.09. The molecule has 0 unspecified atom stereocenters. The fourth-order valence-corrected chi connectivity index (χ4v) is 6.86. The van der Waals surface area contributed by atoms with Gasteiger partial charge >= 0.3 is 0 Å². The number of carbonyl (C=O) groups excluding carboxylic acids is 1. The van der Waals surface area contributed by atoms with Gasteiger partial charge in [0.25, 0.3) is 10.0 Å². The Balaban J connectivity index is 1.31. The summed E-state index contributed by atoms with van der Waals surface area (Å²) in [6.07, 6.45) is 6.04. The number of ether oxygens (including phenoxy) is 1. The molecule has 1 N–H and O–H groups in total. The number of nitrogens with one attached hydrogen (secondary N) is 1. The highest BCUT2D eigenvalue weighted by atomic mass is 32.2. The summed E-state index contributed by atoms with van der Waals surface area (Å²) >= 11 is 0. The fraction of sp³-hybridized carbons (Fsp3) is 0.312. The molecule has 1 aromatic heterocycles. The molecule has 0 aliphatic heterocycles. The van der Waals surface area contributed by atoms with Crippen LogP contribution in [0.2, 0.25) is 0 Å². The van der Waals surface area contributed by atoms with Gasteiger partial charge in [-0.05, 0) is 61.2 Å². The summed E-state index contributed by atoms with van der Waals surface area (Å²) in [6.45, 7) is 2.08. The van der Waals surface area contributed by atoms with E-state index in [-0.39, 0.29) is 11.3 Å². The quantitative estimate of drug-likeness (QED) is 0.253. The van der Waals surface area contributed by atoms with Crippen LogP contribution in [0.5, 0.6) is 5.75 Å². The molecule has 5 rings (SSSR count). The molecule has 4 aromatic rings. The van der Waals surface area contributed by atoms with E-state index < -0.39 is 21.3 Å². The average Bonchev–Trinajstić information content (AvgIpc) is 3.18. The number of aryl methyl sites for hydroxylation is 1. The lowest BCUT2D eigenvalue weighted by molar-refractivity contribution is -0.120. The van der Waals surface area contributed by atoms with Gasteiger partial charge in [0.1, 0.15) is 12.4 Å². The van der Waals surface area contributed by atoms with Crippen molar-refractivity contribution in [2.75, 3.05) is 0 Å². The Morgan fingerprint density at radius 2 is 1.56 bits per heavy atom. The maximum Gasteiger partial charge on any atom is 0.264 e. The van der Waals surface area contributed by atoms with Gasteiger partial charge in [0.2, 0.25) is 5.91 Å². The molecule has 0 bridgehead atoms. The number of amides is 1. The third-order valence-corrected chi connectivity index (χ3v) is 9.23. The van der Waals surface area contributed by atoms with Gasteiger partial charge in [-0.2, -0.15) is 0 Å². The number of pyridine rings is 1. The summed E-state index contributed by atoms with van der Waals surface area (Å²) in [6, 6.07) is 26.6. The van der Waals surface area contributed by atoms with E-state index in [1.54, 1.807) is 25.1 Å². The van der Waals surface area contributed by atoms with E-state index in [0.717, 1.165) is 66.4 Å². The number of hydrogen-bond acceptors (Lipinski definition) is 5. The molecular weight excluding hydrogens is 508 g/mol. The van der Waals surface area contributed by atoms with E-state index in [2.05, 4.69) is 9.71 Å². The zero-order valence-electron chi connectivity index (χ0n) is 22.2. The Kier molecular flexibility index (Phi) is 7.98. The first kappa shape index (κ1) is 26.9. The number of para-hydroxylation sites is 1. The van der Waals surface area contributed by atoms with Crippen molar-refractivity contribution in [3.8, 4) is 5.75 Å². The topological polar surface area (TPSA) is 85.4 Å². The lowest BCUT2D eigenvalue weighted by atomic mass is 9.71. The molecule has 202 valence electrons. The van der Waals surface area contributed by atoms with Crippen molar-refractivity contribution in [2.45, 2.75) is 68.8 Å². The SMILES string of the molecule is Cc1ccccc1S(=O)(=O)NC(=O)CC1(c2ccc(OCc3ccc4ccccc4n3)cc2)CCCCCC1. The van der Waals surface area contributed by atoms with Crippen molar-refractivity contribution >= 4 is 26.8 Å². The molecule has 39 heavy (non-hydrogen) atoms. The van der Waals surface area contributed by atoms with Crippen LogP contribution in [0.15, 0.2) is 89.8 Å². The highest BCUT2D eigenvalue weighted by molar-refractivity contribution is 7.90. The highest BCUT2D eigenvalue weighted by Crippen LogP contribution is 2.42. The molecule has 1 heterocycles. The van der Waals surface area contributed by atoms with E-state index in [4.69, 9.17) is 4.74 Å². The molecule has 3 aromatic carbocycles. The van der Waals surface area contributed by atoms with Crippen molar-refractivity contribution in [1.82, 2.24) is 9.71 Å². The second kappa shape index (κ2) is 11.6. The highest BCUT2D eigenvalue weighted by Gasteiger charge is 2.36. The molecular formula is C32H34N2O4S. The number of carbonyl (C=O) groups is 1. The van der Waals surface area contributed by atoms with E-state index >= 15 is 0 Å². The van der Waals surface area contributed by atoms with Crippen LogP contribution in [0.4, 0.5) is 0 Å². The predicted molar refractivity (Wildman–Crippen MR) is 153 cm³/mol. The minimum absolute atomic E-state index is 0.124. The minimum atomic E-state index is -3.94. The zero-order chi connectivity index (χ0) is 27.3. The Bertz CT molecular complexity index is 1560. The molecule has 0 spiro atoms. The zero-order valence-corrected chi connectivity index (χ0v) is 23.0. The molecule has 1 amide bonds. The summed E-state index contributed by atoms with van der Waals surface area (Å²) in [7, 11) is -3.94. The van der Waals surface area contributed by atoms with Crippen molar-refractivity contribution in [3.63, 3.8) is 0 Å². The standard InChI is InChI=1S/C32H34N2O4S/c1-24-10-4-7-13-30(24)39(36,37)34-31(35)22-32(20-8-2-3-9-21-32)26-15-18-28(19-16-26)38-23-27-17-14-25-11-5-6-12-29(25)33-27/h4-7,10-19H,2-3,8-9,20-23H2,1H3,(H,34,35). The Morgan fingerprint density at radius 3 is 2.31 bits per heavy atom. The summed E-state index contributed by atoms with van der Waals surface area (Å²) in [4.78, 5) is 18.0. The van der Waals surface area contributed by atoms with Gasteiger partial charge in [-0.25, -0.2) is 18.1 Å². The van der Waals surface area contributed by atoms with Crippen LogP contribution in [-0.4, -0.2) is 19.3 Å². The Hall–Kier alpha value is -3.71. The lowest BCUT2D eigenvalue weighted by Gasteiger charge is -2.33. The predicted octanol–water partition coefficient (Wildman–Crippen LogP) is 6.61. The van der Waals surface area contributed by atoms with Gasteiger partial charge in [-0.15, -0.1) is 0 Å². The molecule has 7 heteroatoms. The van der Waals surface area contributed by atoms with Crippen LogP contribution in [0.25, 0.3) is 10.9 Å². The van der Waals surface area contributed by atoms with Crippen LogP contribution >= 0.6 is 0 Å². The number of fused-ring (bicyclic) bond motifs is 1. The molecule has 1 fully saturated rings. The van der Waals surface area contributed by atoms with Crippen molar-refractivity contribution in [2.24, 2.45) is 0 Å². The monoisotopic (exact) mass is 542 g/mol.